The zero-order valence-electron chi connectivity index (χ0n) is 20.7. The first kappa shape index (κ1) is 26.6. The highest BCUT2D eigenvalue weighted by atomic mass is 19.4. The summed E-state index contributed by atoms with van der Waals surface area (Å²) < 4.78 is 53.0. The van der Waals surface area contributed by atoms with Crippen LogP contribution in [0.2, 0.25) is 0 Å². The molecule has 3 aromatic heterocycles. The number of rotatable bonds is 10. The van der Waals surface area contributed by atoms with Crippen LogP contribution in [0.1, 0.15) is 30.3 Å². The van der Waals surface area contributed by atoms with Gasteiger partial charge in [-0.25, -0.2) is 4.79 Å². The summed E-state index contributed by atoms with van der Waals surface area (Å²) in [4.78, 5) is 20.1. The molecule has 0 aliphatic heterocycles. The molecule has 0 aliphatic carbocycles. The highest BCUT2D eigenvalue weighted by Crippen LogP contribution is 2.27. The molecule has 0 bridgehead atoms. The molecule has 1 aromatic carbocycles. The molecule has 0 spiro atoms. The second-order valence-corrected chi connectivity index (χ2v) is 8.23. The first-order valence-electron chi connectivity index (χ1n) is 11.8. The van der Waals surface area contributed by atoms with Crippen LogP contribution in [0.5, 0.6) is 5.75 Å². The molecule has 200 valence electrons. The van der Waals surface area contributed by atoms with Crippen molar-refractivity contribution in [2.75, 3.05) is 13.2 Å². The van der Waals surface area contributed by atoms with Crippen molar-refractivity contribution in [3.8, 4) is 28.7 Å². The van der Waals surface area contributed by atoms with Crippen LogP contribution in [0.25, 0.3) is 23.0 Å². The van der Waals surface area contributed by atoms with E-state index in [9.17, 15) is 18.0 Å². The number of hydrogen-bond donors (Lipinski definition) is 1. The number of carbonyl (C=O) groups is 1. The average molecular weight is 531 g/mol. The number of aryl methyl sites for hydroxylation is 2. The summed E-state index contributed by atoms with van der Waals surface area (Å²) >= 11 is 0. The van der Waals surface area contributed by atoms with E-state index in [2.05, 4.69) is 30.3 Å². The lowest BCUT2D eigenvalue weighted by Crippen LogP contribution is -2.25. The van der Waals surface area contributed by atoms with E-state index >= 15 is 0 Å². The van der Waals surface area contributed by atoms with E-state index in [1.165, 1.54) is 24.3 Å². The fourth-order valence-corrected chi connectivity index (χ4v) is 3.60. The summed E-state index contributed by atoms with van der Waals surface area (Å²) in [6.07, 6.45) is -2.05. The van der Waals surface area contributed by atoms with Gasteiger partial charge in [-0.05, 0) is 74.7 Å². The number of alkyl carbamates (subject to hydrolysis) is 1. The smallest absolute Gasteiger partial charge is 0.450 e. The molecule has 0 radical (unpaired) electrons. The van der Waals surface area contributed by atoms with Crippen LogP contribution in [-0.2, 0) is 17.7 Å². The lowest BCUT2D eigenvalue weighted by molar-refractivity contribution is -0.274. The molecule has 38 heavy (non-hydrogen) atoms. The van der Waals surface area contributed by atoms with Crippen molar-refractivity contribution in [1.82, 2.24) is 30.2 Å². The van der Waals surface area contributed by atoms with Crippen LogP contribution in [-0.4, -0.2) is 50.5 Å². The number of nitrogens with one attached hydrogen (secondary N) is 1. The van der Waals surface area contributed by atoms with Gasteiger partial charge in [-0.1, -0.05) is 5.16 Å². The van der Waals surface area contributed by atoms with Crippen LogP contribution in [0.15, 0.2) is 53.2 Å². The number of benzene rings is 1. The molecule has 1 amide bonds. The second kappa shape index (κ2) is 11.8. The Kier molecular flexibility index (Phi) is 8.24. The Morgan fingerprint density at radius 3 is 2.68 bits per heavy atom. The summed E-state index contributed by atoms with van der Waals surface area (Å²) in [6.45, 7) is 4.96. The van der Waals surface area contributed by atoms with Crippen molar-refractivity contribution in [1.29, 1.82) is 0 Å². The third kappa shape index (κ3) is 7.31. The fourth-order valence-electron chi connectivity index (χ4n) is 3.60. The van der Waals surface area contributed by atoms with Gasteiger partial charge < -0.3 is 19.3 Å². The SMILES string of the molecule is CCOC(=O)NCCCc1cc(Cn2nc(-c3nc(-c4ccc(OC(F)(F)F)cc4)no3)cc2C)ccn1. The topological polar surface area (TPSA) is 117 Å². The largest absolute Gasteiger partial charge is 0.573 e. The van der Waals surface area contributed by atoms with Gasteiger partial charge in [-0.15, -0.1) is 13.2 Å². The molecule has 0 aliphatic rings. The minimum Gasteiger partial charge on any atom is -0.450 e. The van der Waals surface area contributed by atoms with Gasteiger partial charge >= 0.3 is 12.5 Å². The van der Waals surface area contributed by atoms with Crippen molar-refractivity contribution in [3.05, 3.63) is 65.6 Å². The normalized spacial score (nSPS) is 11.4. The molecule has 3 heterocycles. The van der Waals surface area contributed by atoms with Crippen molar-refractivity contribution in [3.63, 3.8) is 0 Å². The van der Waals surface area contributed by atoms with E-state index < -0.39 is 12.5 Å². The molecule has 13 heteroatoms. The van der Waals surface area contributed by atoms with Gasteiger partial charge in [0.1, 0.15) is 5.75 Å². The van der Waals surface area contributed by atoms with Crippen molar-refractivity contribution >= 4 is 6.09 Å². The van der Waals surface area contributed by atoms with E-state index in [4.69, 9.17) is 9.26 Å². The molecule has 0 saturated heterocycles. The maximum atomic E-state index is 12.4. The molecule has 0 atom stereocenters. The molecular weight excluding hydrogens is 505 g/mol. The Hall–Kier alpha value is -4.42. The molecule has 4 rings (SSSR count). The zero-order valence-corrected chi connectivity index (χ0v) is 20.7. The second-order valence-electron chi connectivity index (χ2n) is 8.23. The van der Waals surface area contributed by atoms with Gasteiger partial charge in [0.05, 0.1) is 13.2 Å². The molecule has 10 nitrogen and oxygen atoms in total. The Morgan fingerprint density at radius 2 is 1.95 bits per heavy atom. The molecule has 0 fully saturated rings. The monoisotopic (exact) mass is 530 g/mol. The van der Waals surface area contributed by atoms with E-state index in [0.717, 1.165) is 23.4 Å². The summed E-state index contributed by atoms with van der Waals surface area (Å²) in [5, 5.41) is 11.2. The van der Waals surface area contributed by atoms with Crippen LogP contribution in [0.4, 0.5) is 18.0 Å². The standard InChI is InChI=1S/C25H25F3N6O4/c1-3-36-24(35)30-11-4-5-19-14-17(10-12-29-19)15-34-16(2)13-21(32-34)23-31-22(33-38-23)18-6-8-20(9-7-18)37-25(26,27)28/h6-10,12-14H,3-5,11,15H2,1-2H3,(H,30,35). The Labute approximate surface area is 215 Å². The first-order valence-corrected chi connectivity index (χ1v) is 11.8. The third-order valence-corrected chi connectivity index (χ3v) is 5.34. The minimum absolute atomic E-state index is 0.182. The fraction of sp³-hybridized carbons (Fsp3) is 0.320. The van der Waals surface area contributed by atoms with Crippen molar-refractivity contribution in [2.24, 2.45) is 0 Å². The Balaban J connectivity index is 1.38. The number of ether oxygens (including phenoxy) is 2. The third-order valence-electron chi connectivity index (χ3n) is 5.34. The van der Waals surface area contributed by atoms with E-state index in [0.29, 0.717) is 37.4 Å². The maximum absolute atomic E-state index is 12.4. The maximum Gasteiger partial charge on any atom is 0.573 e. The number of pyridine rings is 1. The summed E-state index contributed by atoms with van der Waals surface area (Å²) in [5.41, 5.74) is 3.69. The summed E-state index contributed by atoms with van der Waals surface area (Å²) in [6, 6.07) is 10.9. The lowest BCUT2D eigenvalue weighted by atomic mass is 10.1. The van der Waals surface area contributed by atoms with E-state index in [1.807, 2.05) is 19.1 Å². The number of aromatic nitrogens is 5. The average Bonchev–Trinajstić information content (AvgIpc) is 3.49. The molecule has 0 saturated carbocycles. The highest BCUT2D eigenvalue weighted by Gasteiger charge is 2.31. The molecule has 0 unspecified atom stereocenters. The van der Waals surface area contributed by atoms with Crippen LogP contribution < -0.4 is 10.1 Å². The van der Waals surface area contributed by atoms with Crippen molar-refractivity contribution in [2.45, 2.75) is 39.6 Å². The number of halogens is 3. The molecular formula is C25H25F3N6O4. The number of amides is 1. The zero-order chi connectivity index (χ0) is 27.1. The van der Waals surface area contributed by atoms with E-state index in [-0.39, 0.29) is 17.5 Å². The molecule has 1 N–H and O–H groups in total. The predicted octanol–water partition coefficient (Wildman–Crippen LogP) is 4.93. The van der Waals surface area contributed by atoms with Crippen molar-refractivity contribution < 1.29 is 32.0 Å². The number of alkyl halides is 3. The highest BCUT2D eigenvalue weighted by molar-refractivity contribution is 5.66. The Morgan fingerprint density at radius 1 is 1.16 bits per heavy atom. The van der Waals surface area contributed by atoms with Gasteiger partial charge in [0.25, 0.3) is 5.89 Å². The van der Waals surface area contributed by atoms with Gasteiger partial charge in [-0.2, -0.15) is 10.1 Å². The summed E-state index contributed by atoms with van der Waals surface area (Å²) in [7, 11) is 0. The minimum atomic E-state index is -4.77. The van der Waals surface area contributed by atoms with Gasteiger partial charge in [-0.3, -0.25) is 9.67 Å². The first-order chi connectivity index (χ1) is 18.2. The lowest BCUT2D eigenvalue weighted by Gasteiger charge is -2.08. The number of carbonyl (C=O) groups excluding carboxylic acids is 1. The predicted molar refractivity (Wildman–Crippen MR) is 129 cm³/mol. The Bertz CT molecular complexity index is 1370. The number of hydrogen-bond acceptors (Lipinski definition) is 8. The van der Waals surface area contributed by atoms with Gasteiger partial charge in [0.2, 0.25) is 5.82 Å². The van der Waals surface area contributed by atoms with Crippen LogP contribution in [0.3, 0.4) is 0 Å². The quantitative estimate of drug-likeness (QED) is 0.287. The number of nitrogens with zero attached hydrogens (tertiary/aromatic N) is 5. The van der Waals surface area contributed by atoms with Crippen LogP contribution in [0, 0.1) is 6.92 Å². The van der Waals surface area contributed by atoms with Gasteiger partial charge in [0.15, 0.2) is 5.69 Å². The van der Waals surface area contributed by atoms with E-state index in [1.54, 1.807) is 23.9 Å². The van der Waals surface area contributed by atoms with Gasteiger partial charge in [0, 0.05) is 29.7 Å². The summed E-state index contributed by atoms with van der Waals surface area (Å²) in [5.74, 6) is 0.0518. The van der Waals surface area contributed by atoms with Crippen LogP contribution >= 0.6 is 0 Å². The molecule has 4 aromatic rings.